The van der Waals surface area contributed by atoms with E-state index in [4.69, 9.17) is 0 Å². The maximum Gasteiger partial charge on any atom is 0.233 e. The van der Waals surface area contributed by atoms with E-state index in [-0.39, 0.29) is 23.7 Å². The Kier molecular flexibility index (Phi) is 4.60. The van der Waals surface area contributed by atoms with Crippen molar-refractivity contribution in [1.82, 2.24) is 4.90 Å². The van der Waals surface area contributed by atoms with Crippen LogP contribution in [-0.4, -0.2) is 28.6 Å². The Hall–Kier alpha value is -0.380. The zero-order chi connectivity index (χ0) is 12.3. The van der Waals surface area contributed by atoms with Crippen molar-refractivity contribution < 1.29 is 9.59 Å². The minimum Gasteiger partial charge on any atom is -0.282 e. The fourth-order valence-corrected chi connectivity index (χ4v) is 3.39. The average molecular weight is 302 g/mol. The third kappa shape index (κ3) is 2.72. The van der Waals surface area contributed by atoms with Gasteiger partial charge < -0.3 is 0 Å². The molecule has 0 radical (unpaired) electrons. The van der Waals surface area contributed by atoms with Crippen molar-refractivity contribution in [3.8, 4) is 0 Å². The van der Waals surface area contributed by atoms with Crippen molar-refractivity contribution in [3.63, 3.8) is 0 Å². The van der Waals surface area contributed by atoms with Crippen molar-refractivity contribution in [3.05, 3.63) is 0 Å². The molecule has 0 N–H and O–H groups in total. The summed E-state index contributed by atoms with van der Waals surface area (Å²) >= 11 is 3.39. The van der Waals surface area contributed by atoms with Crippen molar-refractivity contribution in [2.45, 2.75) is 44.9 Å². The number of hydrogen-bond acceptors (Lipinski definition) is 2. The smallest absolute Gasteiger partial charge is 0.233 e. The van der Waals surface area contributed by atoms with E-state index in [1.165, 1.54) is 4.90 Å². The van der Waals surface area contributed by atoms with Gasteiger partial charge in [-0.05, 0) is 25.7 Å². The number of hydrogen-bond donors (Lipinski definition) is 0. The van der Waals surface area contributed by atoms with Crippen molar-refractivity contribution in [2.75, 3.05) is 11.9 Å². The number of carbonyl (C=O) groups is 2. The predicted octanol–water partition coefficient (Wildman–Crippen LogP) is 2.73. The SMILES string of the molecule is O=C1[C@H]2CCCC[C@H]2C(=O)N1CCCCCBr. The van der Waals surface area contributed by atoms with Gasteiger partial charge in [0.2, 0.25) is 11.8 Å². The standard InChI is InChI=1S/C13H20BrNO2/c14-8-4-1-5-9-15-12(16)10-6-2-3-7-11(10)13(15)17/h10-11H,1-9H2/t10-,11+. The number of fused-ring (bicyclic) bond motifs is 1. The van der Waals surface area contributed by atoms with Gasteiger partial charge in [0, 0.05) is 11.9 Å². The van der Waals surface area contributed by atoms with Crippen LogP contribution in [0.2, 0.25) is 0 Å². The van der Waals surface area contributed by atoms with E-state index in [0.29, 0.717) is 6.54 Å². The molecule has 2 aliphatic rings. The number of rotatable bonds is 5. The first-order chi connectivity index (χ1) is 8.25. The Morgan fingerprint density at radius 3 is 2.12 bits per heavy atom. The molecule has 2 amide bonds. The molecule has 1 saturated carbocycles. The summed E-state index contributed by atoms with van der Waals surface area (Å²) in [4.78, 5) is 25.8. The lowest BCUT2D eigenvalue weighted by Gasteiger charge is -2.19. The quantitative estimate of drug-likeness (QED) is 0.445. The predicted molar refractivity (Wildman–Crippen MR) is 69.8 cm³/mol. The molecule has 0 aromatic rings. The summed E-state index contributed by atoms with van der Waals surface area (Å²) in [6, 6.07) is 0. The molecule has 17 heavy (non-hydrogen) atoms. The number of halogens is 1. The Labute approximate surface area is 111 Å². The second kappa shape index (κ2) is 5.98. The summed E-state index contributed by atoms with van der Waals surface area (Å²) in [5.41, 5.74) is 0. The van der Waals surface area contributed by atoms with Crippen LogP contribution in [0.3, 0.4) is 0 Å². The van der Waals surface area contributed by atoms with Crippen molar-refractivity contribution in [2.24, 2.45) is 11.8 Å². The number of carbonyl (C=O) groups excluding carboxylic acids is 2. The monoisotopic (exact) mass is 301 g/mol. The van der Waals surface area contributed by atoms with Crippen LogP contribution in [0.4, 0.5) is 0 Å². The number of amides is 2. The van der Waals surface area contributed by atoms with E-state index >= 15 is 0 Å². The minimum atomic E-state index is 0.0208. The summed E-state index contributed by atoms with van der Waals surface area (Å²) in [6.07, 6.45) is 7.21. The van der Waals surface area contributed by atoms with Crippen LogP contribution in [0, 0.1) is 11.8 Å². The second-order valence-electron chi connectivity index (χ2n) is 5.08. The summed E-state index contributed by atoms with van der Waals surface area (Å²) in [6.45, 7) is 0.637. The van der Waals surface area contributed by atoms with Gasteiger partial charge in [-0.2, -0.15) is 0 Å². The first kappa shape index (κ1) is 13.1. The molecule has 1 heterocycles. The molecular weight excluding hydrogens is 282 g/mol. The highest BCUT2D eigenvalue weighted by Crippen LogP contribution is 2.37. The maximum absolute atomic E-state index is 12.1. The Balaban J connectivity index is 1.89. The van der Waals surface area contributed by atoms with E-state index < -0.39 is 0 Å². The number of alkyl halides is 1. The molecule has 0 spiro atoms. The number of imide groups is 1. The van der Waals surface area contributed by atoms with Gasteiger partial charge in [0.15, 0.2) is 0 Å². The van der Waals surface area contributed by atoms with Crippen LogP contribution in [0.25, 0.3) is 0 Å². The van der Waals surface area contributed by atoms with Gasteiger partial charge in [-0.25, -0.2) is 0 Å². The third-order valence-electron chi connectivity index (χ3n) is 3.95. The Bertz CT molecular complexity index is 282. The van der Waals surface area contributed by atoms with Crippen molar-refractivity contribution >= 4 is 27.7 Å². The molecule has 1 saturated heterocycles. The number of nitrogens with zero attached hydrogens (tertiary/aromatic N) is 1. The van der Waals surface area contributed by atoms with Crippen LogP contribution in [0.1, 0.15) is 44.9 Å². The molecule has 3 nitrogen and oxygen atoms in total. The van der Waals surface area contributed by atoms with E-state index in [2.05, 4.69) is 15.9 Å². The molecule has 0 bridgehead atoms. The summed E-state index contributed by atoms with van der Waals surface area (Å²) in [5, 5.41) is 1.00. The highest BCUT2D eigenvalue weighted by atomic mass is 79.9. The molecule has 96 valence electrons. The van der Waals surface area contributed by atoms with Gasteiger partial charge in [0.05, 0.1) is 11.8 Å². The van der Waals surface area contributed by atoms with Crippen LogP contribution in [-0.2, 0) is 9.59 Å². The van der Waals surface area contributed by atoms with Crippen LogP contribution >= 0.6 is 15.9 Å². The number of likely N-dealkylation sites (tertiary alicyclic amines) is 1. The van der Waals surface area contributed by atoms with Crippen LogP contribution in [0.15, 0.2) is 0 Å². The molecule has 0 aromatic heterocycles. The highest BCUT2D eigenvalue weighted by Gasteiger charge is 2.47. The zero-order valence-electron chi connectivity index (χ0n) is 10.2. The van der Waals surface area contributed by atoms with Crippen LogP contribution in [0.5, 0.6) is 0 Å². The number of unbranched alkanes of at least 4 members (excludes halogenated alkanes) is 2. The van der Waals surface area contributed by atoms with Crippen molar-refractivity contribution in [1.29, 1.82) is 0 Å². The van der Waals surface area contributed by atoms with E-state index in [9.17, 15) is 9.59 Å². The largest absolute Gasteiger partial charge is 0.282 e. The van der Waals surface area contributed by atoms with Gasteiger partial charge in [0.25, 0.3) is 0 Å². The zero-order valence-corrected chi connectivity index (χ0v) is 11.7. The van der Waals surface area contributed by atoms with E-state index in [1.807, 2.05) is 0 Å². The second-order valence-corrected chi connectivity index (χ2v) is 5.87. The van der Waals surface area contributed by atoms with Gasteiger partial charge >= 0.3 is 0 Å². The topological polar surface area (TPSA) is 37.4 Å². The first-order valence-corrected chi connectivity index (χ1v) is 7.79. The summed E-state index contributed by atoms with van der Waals surface area (Å²) in [7, 11) is 0. The molecule has 0 unspecified atom stereocenters. The Morgan fingerprint density at radius 1 is 1.00 bits per heavy atom. The van der Waals surface area contributed by atoms with Gasteiger partial charge in [-0.1, -0.05) is 35.2 Å². The van der Waals surface area contributed by atoms with Crippen LogP contribution < -0.4 is 0 Å². The van der Waals surface area contributed by atoms with Gasteiger partial charge in [-0.3, -0.25) is 14.5 Å². The maximum atomic E-state index is 12.1. The summed E-state index contributed by atoms with van der Waals surface area (Å²) in [5.74, 6) is 0.261. The molecule has 1 aliphatic carbocycles. The molecule has 2 rings (SSSR count). The summed E-state index contributed by atoms with van der Waals surface area (Å²) < 4.78 is 0. The normalized spacial score (nSPS) is 28.6. The van der Waals surface area contributed by atoms with Gasteiger partial charge in [-0.15, -0.1) is 0 Å². The van der Waals surface area contributed by atoms with Gasteiger partial charge in [0.1, 0.15) is 0 Å². The first-order valence-electron chi connectivity index (χ1n) is 6.67. The lowest BCUT2D eigenvalue weighted by Crippen LogP contribution is -2.32. The fraction of sp³-hybridized carbons (Fsp3) is 0.846. The minimum absolute atomic E-state index is 0.0208. The molecular formula is C13H20BrNO2. The third-order valence-corrected chi connectivity index (χ3v) is 4.51. The molecule has 2 fully saturated rings. The van der Waals surface area contributed by atoms with E-state index in [0.717, 1.165) is 50.3 Å². The molecule has 4 heteroatoms. The lowest BCUT2D eigenvalue weighted by molar-refractivity contribution is -0.139. The average Bonchev–Trinajstić information content (AvgIpc) is 2.60. The fourth-order valence-electron chi connectivity index (χ4n) is 2.99. The molecule has 2 atom stereocenters. The molecule has 0 aromatic carbocycles. The lowest BCUT2D eigenvalue weighted by atomic mass is 9.81. The van der Waals surface area contributed by atoms with E-state index in [1.54, 1.807) is 0 Å². The Morgan fingerprint density at radius 2 is 1.59 bits per heavy atom. The molecule has 1 aliphatic heterocycles. The highest BCUT2D eigenvalue weighted by molar-refractivity contribution is 9.09.